The van der Waals surface area contributed by atoms with Crippen LogP contribution in [-0.2, 0) is 9.59 Å². The number of nitro benzene ring substituents is 1. The summed E-state index contributed by atoms with van der Waals surface area (Å²) >= 11 is 0. The first kappa shape index (κ1) is 19.5. The summed E-state index contributed by atoms with van der Waals surface area (Å²) < 4.78 is 5.63. The summed E-state index contributed by atoms with van der Waals surface area (Å²) in [5.74, 6) is -0.430. The van der Waals surface area contributed by atoms with Crippen LogP contribution < -0.4 is 9.64 Å². The Morgan fingerprint density at radius 1 is 1.25 bits per heavy atom. The van der Waals surface area contributed by atoms with Crippen LogP contribution in [0.1, 0.15) is 38.2 Å². The molecule has 1 aliphatic rings. The summed E-state index contributed by atoms with van der Waals surface area (Å²) in [4.78, 5) is 36.8. The van der Waals surface area contributed by atoms with Gasteiger partial charge < -0.3 is 9.64 Å². The topological polar surface area (TPSA) is 89.8 Å². The molecule has 0 unspecified atom stereocenters. The van der Waals surface area contributed by atoms with Gasteiger partial charge in [-0.15, -0.1) is 0 Å². The van der Waals surface area contributed by atoms with Gasteiger partial charge in [-0.3, -0.25) is 19.7 Å². The number of benzene rings is 2. The molecule has 146 valence electrons. The average Bonchev–Trinajstić information content (AvgIpc) is 3.09. The van der Waals surface area contributed by atoms with Gasteiger partial charge in [0.2, 0.25) is 5.91 Å². The molecule has 0 aliphatic carbocycles. The van der Waals surface area contributed by atoms with Gasteiger partial charge in [0.05, 0.1) is 10.8 Å². The molecule has 28 heavy (non-hydrogen) atoms. The minimum absolute atomic E-state index is 0.0481. The minimum Gasteiger partial charge on any atom is -0.426 e. The molecule has 0 N–H and O–H groups in total. The van der Waals surface area contributed by atoms with Crippen LogP contribution in [0.25, 0.3) is 0 Å². The molecule has 7 nitrogen and oxygen atoms in total. The SMILES string of the molecule is CC[C@H](C)c1ccccc1OC(=O)[C@@H]1CC(=O)N(c2ccc([N+](=O)[O-])cc2)C1. The maximum atomic E-state index is 12.7. The molecular formula is C21H22N2O5. The molecule has 1 amide bonds. The average molecular weight is 382 g/mol. The molecule has 1 heterocycles. The molecule has 2 aromatic carbocycles. The van der Waals surface area contributed by atoms with Gasteiger partial charge in [0.25, 0.3) is 5.69 Å². The van der Waals surface area contributed by atoms with Crippen LogP contribution in [0.2, 0.25) is 0 Å². The maximum Gasteiger partial charge on any atom is 0.316 e. The van der Waals surface area contributed by atoms with Crippen LogP contribution in [0.5, 0.6) is 5.75 Å². The molecule has 1 saturated heterocycles. The molecule has 7 heteroatoms. The predicted octanol–water partition coefficient (Wildman–Crippen LogP) is 4.07. The number of carbonyl (C=O) groups is 2. The van der Waals surface area contributed by atoms with E-state index in [0.717, 1.165) is 12.0 Å². The third-order valence-corrected chi connectivity index (χ3v) is 5.10. The van der Waals surface area contributed by atoms with E-state index in [2.05, 4.69) is 13.8 Å². The largest absolute Gasteiger partial charge is 0.426 e. The number of ether oxygens (including phenoxy) is 1. The predicted molar refractivity (Wildman–Crippen MR) is 104 cm³/mol. The second kappa shape index (κ2) is 8.21. The fourth-order valence-electron chi connectivity index (χ4n) is 3.26. The van der Waals surface area contributed by atoms with Gasteiger partial charge in [0, 0.05) is 30.8 Å². The Hall–Kier alpha value is -3.22. The normalized spacial score (nSPS) is 17.4. The number of non-ortho nitro benzene ring substituents is 1. The van der Waals surface area contributed by atoms with Gasteiger partial charge in [-0.05, 0) is 36.1 Å². The van der Waals surface area contributed by atoms with Crippen LogP contribution in [0.3, 0.4) is 0 Å². The van der Waals surface area contributed by atoms with Crippen molar-refractivity contribution in [3.8, 4) is 5.75 Å². The van der Waals surface area contributed by atoms with Crippen LogP contribution in [0.15, 0.2) is 48.5 Å². The summed E-state index contributed by atoms with van der Waals surface area (Å²) in [5.41, 5.74) is 1.45. The zero-order valence-corrected chi connectivity index (χ0v) is 15.8. The maximum absolute atomic E-state index is 12.7. The van der Waals surface area contributed by atoms with Crippen LogP contribution >= 0.6 is 0 Å². The van der Waals surface area contributed by atoms with Crippen molar-refractivity contribution in [2.45, 2.75) is 32.6 Å². The van der Waals surface area contributed by atoms with Crippen LogP contribution in [0.4, 0.5) is 11.4 Å². The lowest BCUT2D eigenvalue weighted by Crippen LogP contribution is -2.27. The molecule has 0 saturated carbocycles. The summed E-state index contributed by atoms with van der Waals surface area (Å²) in [6.07, 6.45) is 0.978. The van der Waals surface area contributed by atoms with Gasteiger partial charge in [0.1, 0.15) is 5.75 Å². The number of para-hydroxylation sites is 1. The number of carbonyl (C=O) groups excluding carboxylic acids is 2. The number of hydrogen-bond donors (Lipinski definition) is 0. The van der Waals surface area contributed by atoms with Crippen molar-refractivity contribution < 1.29 is 19.2 Å². The molecule has 0 bridgehead atoms. The molecule has 2 atom stereocenters. The summed E-state index contributed by atoms with van der Waals surface area (Å²) in [6.45, 7) is 4.34. The van der Waals surface area contributed by atoms with Crippen molar-refractivity contribution in [3.63, 3.8) is 0 Å². The van der Waals surface area contributed by atoms with Crippen LogP contribution in [-0.4, -0.2) is 23.3 Å². The molecule has 0 radical (unpaired) electrons. The zero-order valence-electron chi connectivity index (χ0n) is 15.8. The summed E-state index contributed by atoms with van der Waals surface area (Å²) in [6, 6.07) is 13.2. The van der Waals surface area contributed by atoms with E-state index in [9.17, 15) is 19.7 Å². The lowest BCUT2D eigenvalue weighted by Gasteiger charge is -2.17. The Morgan fingerprint density at radius 3 is 2.57 bits per heavy atom. The van der Waals surface area contributed by atoms with Crippen molar-refractivity contribution in [1.29, 1.82) is 0 Å². The highest BCUT2D eigenvalue weighted by atomic mass is 16.6. The fourth-order valence-corrected chi connectivity index (χ4v) is 3.26. The number of rotatable bonds is 6. The smallest absolute Gasteiger partial charge is 0.316 e. The van der Waals surface area contributed by atoms with Crippen molar-refractivity contribution in [1.82, 2.24) is 0 Å². The Kier molecular flexibility index (Phi) is 5.73. The third-order valence-electron chi connectivity index (χ3n) is 5.10. The number of nitrogens with zero attached hydrogens (tertiary/aromatic N) is 2. The van der Waals surface area contributed by atoms with Gasteiger partial charge in [0.15, 0.2) is 0 Å². The van der Waals surface area contributed by atoms with E-state index < -0.39 is 16.8 Å². The van der Waals surface area contributed by atoms with Gasteiger partial charge in [-0.2, -0.15) is 0 Å². The third kappa shape index (κ3) is 4.03. The minimum atomic E-state index is -0.576. The van der Waals surface area contributed by atoms with E-state index >= 15 is 0 Å². The highest BCUT2D eigenvalue weighted by molar-refractivity contribution is 5.99. The number of hydrogen-bond acceptors (Lipinski definition) is 5. The number of amides is 1. The van der Waals surface area contributed by atoms with Crippen molar-refractivity contribution >= 4 is 23.3 Å². The van der Waals surface area contributed by atoms with E-state index in [1.54, 1.807) is 6.07 Å². The van der Waals surface area contributed by atoms with Gasteiger partial charge in [-0.25, -0.2) is 0 Å². The Morgan fingerprint density at radius 2 is 1.93 bits per heavy atom. The standard InChI is InChI=1S/C21H22N2O5/c1-3-14(2)18-6-4-5-7-19(18)28-21(25)15-12-20(24)22(13-15)16-8-10-17(11-9-16)23(26)27/h4-11,14-15H,3,12-13H2,1-2H3/t14-,15+/m0/s1. The second-order valence-corrected chi connectivity index (χ2v) is 6.95. The van der Waals surface area contributed by atoms with E-state index in [1.807, 2.05) is 18.2 Å². The first-order chi connectivity index (χ1) is 13.4. The van der Waals surface area contributed by atoms with E-state index in [4.69, 9.17) is 4.74 Å². The molecule has 0 spiro atoms. The lowest BCUT2D eigenvalue weighted by atomic mass is 9.98. The Balaban J connectivity index is 1.71. The number of nitro groups is 1. The highest BCUT2D eigenvalue weighted by Gasteiger charge is 2.36. The highest BCUT2D eigenvalue weighted by Crippen LogP contribution is 2.31. The van der Waals surface area contributed by atoms with Gasteiger partial charge >= 0.3 is 5.97 Å². The first-order valence-electron chi connectivity index (χ1n) is 9.26. The van der Waals surface area contributed by atoms with Crippen LogP contribution in [0, 0.1) is 16.0 Å². The summed E-state index contributed by atoms with van der Waals surface area (Å²) in [5, 5.41) is 10.8. The molecule has 1 aliphatic heterocycles. The zero-order chi connectivity index (χ0) is 20.3. The number of esters is 1. The lowest BCUT2D eigenvalue weighted by molar-refractivity contribution is -0.384. The first-order valence-corrected chi connectivity index (χ1v) is 9.26. The summed E-state index contributed by atoms with van der Waals surface area (Å²) in [7, 11) is 0. The monoisotopic (exact) mass is 382 g/mol. The van der Waals surface area contributed by atoms with Crippen molar-refractivity contribution in [2.75, 3.05) is 11.4 Å². The Bertz CT molecular complexity index is 894. The molecule has 3 rings (SSSR count). The van der Waals surface area contributed by atoms with E-state index in [-0.39, 0.29) is 30.5 Å². The van der Waals surface area contributed by atoms with Crippen molar-refractivity contribution in [3.05, 3.63) is 64.2 Å². The molecule has 1 fully saturated rings. The van der Waals surface area contributed by atoms with E-state index in [1.165, 1.54) is 29.2 Å². The van der Waals surface area contributed by atoms with E-state index in [0.29, 0.717) is 11.4 Å². The quantitative estimate of drug-likeness (QED) is 0.325. The molecule has 2 aromatic rings. The fraction of sp³-hybridized carbons (Fsp3) is 0.333. The number of anilines is 1. The molecular weight excluding hydrogens is 360 g/mol. The van der Waals surface area contributed by atoms with Gasteiger partial charge in [-0.1, -0.05) is 32.0 Å². The molecule has 0 aromatic heterocycles. The Labute approximate surface area is 163 Å². The van der Waals surface area contributed by atoms with Crippen molar-refractivity contribution in [2.24, 2.45) is 5.92 Å². The second-order valence-electron chi connectivity index (χ2n) is 6.95.